The van der Waals surface area contributed by atoms with E-state index in [0.717, 1.165) is 5.69 Å². The standard InChI is InChI=1S/C19H21N3O4S/c1-13(23)14-3-5-15(6-4-14)21-16-7-8-18(20-11-16)19(24)22(2)17-9-10-27(25,26)12-17/h3-8,11,17,21H,9-10,12H2,1-2H3. The van der Waals surface area contributed by atoms with Crippen molar-refractivity contribution in [2.75, 3.05) is 23.9 Å². The third-order valence-corrected chi connectivity index (χ3v) is 6.39. The van der Waals surface area contributed by atoms with Crippen molar-refractivity contribution < 1.29 is 18.0 Å². The minimum absolute atomic E-state index is 0.00487. The smallest absolute Gasteiger partial charge is 0.272 e. The second-order valence-electron chi connectivity index (χ2n) is 6.66. The van der Waals surface area contributed by atoms with E-state index >= 15 is 0 Å². The lowest BCUT2D eigenvalue weighted by molar-refractivity contribution is 0.0741. The number of benzene rings is 1. The number of aromatic nitrogens is 1. The predicted octanol–water partition coefficient (Wildman–Crippen LogP) is 2.29. The number of nitrogens with one attached hydrogen (secondary N) is 1. The molecule has 3 rings (SSSR count). The minimum Gasteiger partial charge on any atom is -0.354 e. The molecule has 1 aromatic carbocycles. The highest BCUT2D eigenvalue weighted by Gasteiger charge is 2.33. The molecule has 2 heterocycles. The molecule has 1 fully saturated rings. The zero-order valence-corrected chi connectivity index (χ0v) is 16.0. The molecular formula is C19H21N3O4S. The van der Waals surface area contributed by atoms with E-state index < -0.39 is 9.84 Å². The molecule has 1 aliphatic rings. The number of anilines is 2. The van der Waals surface area contributed by atoms with Crippen molar-refractivity contribution in [2.24, 2.45) is 0 Å². The van der Waals surface area contributed by atoms with Gasteiger partial charge in [0, 0.05) is 24.3 Å². The molecule has 1 aliphatic heterocycles. The van der Waals surface area contributed by atoms with E-state index in [4.69, 9.17) is 0 Å². The second-order valence-corrected chi connectivity index (χ2v) is 8.89. The van der Waals surface area contributed by atoms with E-state index in [9.17, 15) is 18.0 Å². The van der Waals surface area contributed by atoms with Crippen LogP contribution in [0.4, 0.5) is 11.4 Å². The summed E-state index contributed by atoms with van der Waals surface area (Å²) in [5.41, 5.74) is 2.40. The number of pyridine rings is 1. The lowest BCUT2D eigenvalue weighted by Crippen LogP contribution is -2.38. The molecule has 142 valence electrons. The van der Waals surface area contributed by atoms with Crippen LogP contribution in [0.1, 0.15) is 34.2 Å². The molecular weight excluding hydrogens is 366 g/mol. The van der Waals surface area contributed by atoms with E-state index in [1.807, 2.05) is 0 Å². The van der Waals surface area contributed by atoms with E-state index in [-0.39, 0.29) is 34.9 Å². The topological polar surface area (TPSA) is 96.4 Å². The number of hydrogen-bond acceptors (Lipinski definition) is 6. The molecule has 1 amide bonds. The number of rotatable bonds is 5. The molecule has 7 nitrogen and oxygen atoms in total. The van der Waals surface area contributed by atoms with Gasteiger partial charge in [-0.05, 0) is 49.7 Å². The zero-order chi connectivity index (χ0) is 19.6. The minimum atomic E-state index is -3.05. The lowest BCUT2D eigenvalue weighted by atomic mass is 10.1. The quantitative estimate of drug-likeness (QED) is 0.791. The van der Waals surface area contributed by atoms with E-state index in [2.05, 4.69) is 10.3 Å². The third-order valence-electron chi connectivity index (χ3n) is 4.64. The van der Waals surface area contributed by atoms with Crippen LogP contribution in [0.3, 0.4) is 0 Å². The number of carbonyl (C=O) groups excluding carboxylic acids is 2. The van der Waals surface area contributed by atoms with E-state index in [1.54, 1.807) is 49.6 Å². The molecule has 1 unspecified atom stereocenters. The molecule has 0 saturated carbocycles. The molecule has 8 heteroatoms. The molecule has 1 N–H and O–H groups in total. The zero-order valence-electron chi connectivity index (χ0n) is 15.2. The summed E-state index contributed by atoms with van der Waals surface area (Å²) in [4.78, 5) is 29.5. The van der Waals surface area contributed by atoms with Gasteiger partial charge in [-0.25, -0.2) is 13.4 Å². The van der Waals surface area contributed by atoms with Gasteiger partial charge in [0.2, 0.25) is 0 Å². The van der Waals surface area contributed by atoms with Crippen LogP contribution in [0.5, 0.6) is 0 Å². The van der Waals surface area contributed by atoms with E-state index in [0.29, 0.717) is 17.7 Å². The first kappa shape index (κ1) is 19.0. The van der Waals surface area contributed by atoms with Crippen LogP contribution in [-0.4, -0.2) is 54.6 Å². The normalized spacial score (nSPS) is 18.1. The number of ketones is 1. The highest BCUT2D eigenvalue weighted by Crippen LogP contribution is 2.20. The van der Waals surface area contributed by atoms with Gasteiger partial charge in [0.25, 0.3) is 5.91 Å². The Hall–Kier alpha value is -2.74. The molecule has 0 radical (unpaired) electrons. The monoisotopic (exact) mass is 387 g/mol. The van der Waals surface area contributed by atoms with Gasteiger partial charge in [-0.15, -0.1) is 0 Å². The van der Waals surface area contributed by atoms with Gasteiger partial charge in [-0.3, -0.25) is 9.59 Å². The van der Waals surface area contributed by atoms with Crippen molar-refractivity contribution in [1.29, 1.82) is 0 Å². The Bertz CT molecular complexity index is 953. The van der Waals surface area contributed by atoms with Gasteiger partial charge in [0.15, 0.2) is 15.6 Å². The summed E-state index contributed by atoms with van der Waals surface area (Å²) in [6.45, 7) is 1.51. The molecule has 1 atom stereocenters. The first-order valence-corrected chi connectivity index (χ1v) is 10.4. The summed E-state index contributed by atoms with van der Waals surface area (Å²) < 4.78 is 23.2. The number of sulfone groups is 1. The van der Waals surface area contributed by atoms with Crippen molar-refractivity contribution in [1.82, 2.24) is 9.88 Å². The summed E-state index contributed by atoms with van der Waals surface area (Å²) in [7, 11) is -1.44. The van der Waals surface area contributed by atoms with Crippen LogP contribution in [0, 0.1) is 0 Å². The molecule has 0 spiro atoms. The first-order valence-electron chi connectivity index (χ1n) is 8.57. The average Bonchev–Trinajstić information content (AvgIpc) is 3.01. The van der Waals surface area contributed by atoms with Crippen molar-refractivity contribution >= 4 is 32.9 Å². The van der Waals surface area contributed by atoms with Crippen LogP contribution >= 0.6 is 0 Å². The molecule has 0 aliphatic carbocycles. The summed E-state index contributed by atoms with van der Waals surface area (Å²) >= 11 is 0. The van der Waals surface area contributed by atoms with Gasteiger partial charge >= 0.3 is 0 Å². The Labute approximate surface area is 158 Å². The van der Waals surface area contributed by atoms with Crippen LogP contribution in [0.25, 0.3) is 0 Å². The predicted molar refractivity (Wildman–Crippen MR) is 103 cm³/mol. The number of nitrogens with zero attached hydrogens (tertiary/aromatic N) is 2. The Morgan fingerprint density at radius 1 is 1.11 bits per heavy atom. The second kappa shape index (κ2) is 7.48. The largest absolute Gasteiger partial charge is 0.354 e. The number of carbonyl (C=O) groups is 2. The maximum Gasteiger partial charge on any atom is 0.272 e. The Kier molecular flexibility index (Phi) is 5.27. The molecule has 2 aromatic rings. The van der Waals surface area contributed by atoms with Crippen LogP contribution < -0.4 is 5.32 Å². The molecule has 27 heavy (non-hydrogen) atoms. The number of Topliss-reactive ketones (excluding diaryl/α,β-unsaturated/α-hetero) is 1. The van der Waals surface area contributed by atoms with Crippen molar-refractivity contribution in [3.05, 3.63) is 53.9 Å². The Morgan fingerprint density at radius 2 is 1.78 bits per heavy atom. The van der Waals surface area contributed by atoms with Crippen molar-refractivity contribution in [3.63, 3.8) is 0 Å². The van der Waals surface area contributed by atoms with Crippen LogP contribution in [-0.2, 0) is 9.84 Å². The highest BCUT2D eigenvalue weighted by atomic mass is 32.2. The fraction of sp³-hybridized carbons (Fsp3) is 0.316. The third kappa shape index (κ3) is 4.51. The van der Waals surface area contributed by atoms with Crippen molar-refractivity contribution in [2.45, 2.75) is 19.4 Å². The molecule has 0 bridgehead atoms. The van der Waals surface area contributed by atoms with Crippen LogP contribution in [0.15, 0.2) is 42.6 Å². The maximum absolute atomic E-state index is 12.5. The van der Waals surface area contributed by atoms with Crippen LogP contribution in [0.2, 0.25) is 0 Å². The van der Waals surface area contributed by atoms with Gasteiger partial charge < -0.3 is 10.2 Å². The Morgan fingerprint density at radius 3 is 2.30 bits per heavy atom. The summed E-state index contributed by atoms with van der Waals surface area (Å²) in [5.74, 6) is -0.168. The van der Waals surface area contributed by atoms with Gasteiger partial charge in [-0.2, -0.15) is 0 Å². The van der Waals surface area contributed by atoms with Gasteiger partial charge in [0.1, 0.15) is 5.69 Å². The summed E-state index contributed by atoms with van der Waals surface area (Å²) in [5, 5.41) is 3.15. The highest BCUT2D eigenvalue weighted by molar-refractivity contribution is 7.91. The SMILES string of the molecule is CC(=O)c1ccc(Nc2ccc(C(=O)N(C)C3CCS(=O)(=O)C3)nc2)cc1. The first-order chi connectivity index (χ1) is 12.7. The number of amides is 1. The lowest BCUT2D eigenvalue weighted by Gasteiger charge is -2.23. The Balaban J connectivity index is 1.66. The summed E-state index contributed by atoms with van der Waals surface area (Å²) in [6, 6.07) is 10.1. The van der Waals surface area contributed by atoms with Gasteiger partial charge in [0.05, 0.1) is 23.4 Å². The fourth-order valence-electron chi connectivity index (χ4n) is 2.98. The molecule has 1 saturated heterocycles. The number of hydrogen-bond donors (Lipinski definition) is 1. The van der Waals surface area contributed by atoms with Gasteiger partial charge in [-0.1, -0.05) is 0 Å². The average molecular weight is 387 g/mol. The fourth-order valence-corrected chi connectivity index (χ4v) is 4.75. The molecule has 1 aromatic heterocycles. The van der Waals surface area contributed by atoms with Crippen molar-refractivity contribution in [3.8, 4) is 0 Å². The summed E-state index contributed by atoms with van der Waals surface area (Å²) in [6.07, 6.45) is 2.01. The van der Waals surface area contributed by atoms with E-state index in [1.165, 1.54) is 11.8 Å². The maximum atomic E-state index is 12.5.